The number of thiophene rings is 1. The van der Waals surface area contributed by atoms with Crippen LogP contribution in [0, 0.1) is 0 Å². The summed E-state index contributed by atoms with van der Waals surface area (Å²) in [5.41, 5.74) is 1.93. The second-order valence-corrected chi connectivity index (χ2v) is 7.27. The van der Waals surface area contributed by atoms with Gasteiger partial charge in [-0.05, 0) is 53.6 Å². The molecule has 0 saturated carbocycles. The maximum Gasteiger partial charge on any atom is 0.243 e. The zero-order valence-corrected chi connectivity index (χ0v) is 13.2. The third-order valence-corrected chi connectivity index (χ3v) is 5.48. The SMILES string of the molecule is CCNc1ccc(S(=O)(=O)N(C)Cc2ccsc2)cc1. The molecule has 108 valence electrons. The summed E-state index contributed by atoms with van der Waals surface area (Å²) in [5.74, 6) is 0. The normalized spacial score (nSPS) is 11.8. The van der Waals surface area contributed by atoms with Gasteiger partial charge in [0, 0.05) is 25.8 Å². The summed E-state index contributed by atoms with van der Waals surface area (Å²) in [6, 6.07) is 8.78. The van der Waals surface area contributed by atoms with Crippen molar-refractivity contribution in [3.05, 3.63) is 46.7 Å². The second-order valence-electron chi connectivity index (χ2n) is 4.45. The van der Waals surface area contributed by atoms with Crippen LogP contribution < -0.4 is 5.32 Å². The molecule has 4 nitrogen and oxygen atoms in total. The Kier molecular flexibility index (Phi) is 4.80. The first kappa shape index (κ1) is 15.0. The molecule has 0 aliphatic rings. The molecule has 0 aliphatic carbocycles. The minimum absolute atomic E-state index is 0.317. The summed E-state index contributed by atoms with van der Waals surface area (Å²) in [4.78, 5) is 0.317. The number of benzene rings is 1. The van der Waals surface area contributed by atoms with Crippen molar-refractivity contribution in [3.8, 4) is 0 Å². The van der Waals surface area contributed by atoms with Crippen molar-refractivity contribution < 1.29 is 8.42 Å². The van der Waals surface area contributed by atoms with Crippen LogP contribution in [0.1, 0.15) is 12.5 Å². The molecular weight excluding hydrogens is 292 g/mol. The van der Waals surface area contributed by atoms with E-state index in [4.69, 9.17) is 0 Å². The molecule has 1 N–H and O–H groups in total. The van der Waals surface area contributed by atoms with Crippen LogP contribution in [0.4, 0.5) is 5.69 Å². The van der Waals surface area contributed by atoms with Gasteiger partial charge in [0.1, 0.15) is 0 Å². The molecular formula is C14H18N2O2S2. The lowest BCUT2D eigenvalue weighted by Gasteiger charge is -2.17. The molecule has 0 amide bonds. The Balaban J connectivity index is 2.16. The summed E-state index contributed by atoms with van der Waals surface area (Å²) in [7, 11) is -1.83. The van der Waals surface area contributed by atoms with E-state index in [-0.39, 0.29) is 0 Å². The molecule has 2 aromatic rings. The summed E-state index contributed by atoms with van der Waals surface area (Å²) in [6.07, 6.45) is 0. The van der Waals surface area contributed by atoms with Crippen LogP contribution >= 0.6 is 11.3 Å². The fraction of sp³-hybridized carbons (Fsp3) is 0.286. The minimum Gasteiger partial charge on any atom is -0.385 e. The van der Waals surface area contributed by atoms with E-state index in [0.717, 1.165) is 17.8 Å². The first-order chi connectivity index (χ1) is 9.54. The Hall–Kier alpha value is -1.37. The van der Waals surface area contributed by atoms with Crippen molar-refractivity contribution in [1.29, 1.82) is 0 Å². The molecule has 0 bridgehead atoms. The lowest BCUT2D eigenvalue weighted by molar-refractivity contribution is 0.467. The van der Waals surface area contributed by atoms with Gasteiger partial charge in [0.2, 0.25) is 10.0 Å². The molecule has 0 radical (unpaired) electrons. The number of hydrogen-bond acceptors (Lipinski definition) is 4. The average Bonchev–Trinajstić information content (AvgIpc) is 2.92. The Morgan fingerprint density at radius 3 is 2.45 bits per heavy atom. The van der Waals surface area contributed by atoms with Gasteiger partial charge in [-0.1, -0.05) is 0 Å². The molecule has 0 aliphatic heterocycles. The van der Waals surface area contributed by atoms with Gasteiger partial charge in [0.25, 0.3) is 0 Å². The Labute approximate surface area is 124 Å². The highest BCUT2D eigenvalue weighted by Gasteiger charge is 2.20. The van der Waals surface area contributed by atoms with Crippen LogP contribution in [-0.2, 0) is 16.6 Å². The summed E-state index contributed by atoms with van der Waals surface area (Å²) >= 11 is 1.57. The Bertz CT molecular complexity index is 634. The van der Waals surface area contributed by atoms with Crippen molar-refractivity contribution >= 4 is 27.0 Å². The first-order valence-electron chi connectivity index (χ1n) is 6.35. The van der Waals surface area contributed by atoms with Crippen LogP contribution in [0.2, 0.25) is 0 Å². The molecule has 2 rings (SSSR count). The van der Waals surface area contributed by atoms with E-state index >= 15 is 0 Å². The van der Waals surface area contributed by atoms with Gasteiger partial charge in [-0.15, -0.1) is 0 Å². The van der Waals surface area contributed by atoms with Gasteiger partial charge in [0.05, 0.1) is 4.90 Å². The molecule has 0 spiro atoms. The first-order valence-corrected chi connectivity index (χ1v) is 8.73. The largest absolute Gasteiger partial charge is 0.385 e. The van der Waals surface area contributed by atoms with E-state index in [2.05, 4.69) is 5.32 Å². The van der Waals surface area contributed by atoms with E-state index in [1.165, 1.54) is 4.31 Å². The molecule has 1 heterocycles. The maximum absolute atomic E-state index is 12.4. The number of hydrogen-bond donors (Lipinski definition) is 1. The standard InChI is InChI=1S/C14H18N2O2S2/c1-3-15-13-4-6-14(7-5-13)20(17,18)16(2)10-12-8-9-19-11-12/h4-9,11,15H,3,10H2,1-2H3. The molecule has 0 unspecified atom stereocenters. The van der Waals surface area contributed by atoms with Gasteiger partial charge in [-0.3, -0.25) is 0 Å². The molecule has 6 heteroatoms. The minimum atomic E-state index is -3.44. The highest BCUT2D eigenvalue weighted by molar-refractivity contribution is 7.89. The fourth-order valence-electron chi connectivity index (χ4n) is 1.85. The topological polar surface area (TPSA) is 49.4 Å². The van der Waals surface area contributed by atoms with E-state index in [1.807, 2.05) is 23.8 Å². The Morgan fingerprint density at radius 2 is 1.90 bits per heavy atom. The quantitative estimate of drug-likeness (QED) is 0.892. The molecule has 1 aromatic carbocycles. The monoisotopic (exact) mass is 310 g/mol. The highest BCUT2D eigenvalue weighted by atomic mass is 32.2. The van der Waals surface area contributed by atoms with Crippen LogP contribution in [0.3, 0.4) is 0 Å². The van der Waals surface area contributed by atoms with Crippen LogP contribution in [0.5, 0.6) is 0 Å². The summed E-state index contributed by atoms with van der Waals surface area (Å²) in [6.45, 7) is 3.20. The average molecular weight is 310 g/mol. The van der Waals surface area contributed by atoms with E-state index in [0.29, 0.717) is 11.4 Å². The van der Waals surface area contributed by atoms with Gasteiger partial charge < -0.3 is 5.32 Å². The predicted molar refractivity (Wildman–Crippen MR) is 83.6 cm³/mol. The van der Waals surface area contributed by atoms with E-state index in [1.54, 1.807) is 42.6 Å². The van der Waals surface area contributed by atoms with Crippen LogP contribution in [0.15, 0.2) is 46.0 Å². The van der Waals surface area contributed by atoms with Crippen molar-refractivity contribution in [2.45, 2.75) is 18.4 Å². The summed E-state index contributed by atoms with van der Waals surface area (Å²) in [5, 5.41) is 7.05. The number of nitrogens with zero attached hydrogens (tertiary/aromatic N) is 1. The second kappa shape index (κ2) is 6.39. The third kappa shape index (κ3) is 3.39. The molecule has 0 fully saturated rings. The van der Waals surface area contributed by atoms with Gasteiger partial charge in [0.15, 0.2) is 0 Å². The zero-order valence-electron chi connectivity index (χ0n) is 11.5. The predicted octanol–water partition coefficient (Wildman–Crippen LogP) is 3.00. The van der Waals surface area contributed by atoms with Crippen molar-refractivity contribution in [3.63, 3.8) is 0 Å². The lowest BCUT2D eigenvalue weighted by Crippen LogP contribution is -2.26. The molecule has 0 saturated heterocycles. The molecule has 20 heavy (non-hydrogen) atoms. The van der Waals surface area contributed by atoms with E-state index in [9.17, 15) is 8.42 Å². The number of nitrogens with one attached hydrogen (secondary N) is 1. The number of rotatable bonds is 6. The van der Waals surface area contributed by atoms with Crippen LogP contribution in [-0.4, -0.2) is 26.3 Å². The fourth-order valence-corrected chi connectivity index (χ4v) is 3.67. The number of sulfonamides is 1. The third-order valence-electron chi connectivity index (χ3n) is 2.93. The van der Waals surface area contributed by atoms with Gasteiger partial charge in [-0.2, -0.15) is 15.6 Å². The molecule has 1 aromatic heterocycles. The zero-order chi connectivity index (χ0) is 14.6. The maximum atomic E-state index is 12.4. The van der Waals surface area contributed by atoms with Crippen LogP contribution in [0.25, 0.3) is 0 Å². The van der Waals surface area contributed by atoms with Crippen molar-refractivity contribution in [2.24, 2.45) is 0 Å². The van der Waals surface area contributed by atoms with Crippen molar-refractivity contribution in [2.75, 3.05) is 18.9 Å². The van der Waals surface area contributed by atoms with Crippen molar-refractivity contribution in [1.82, 2.24) is 4.31 Å². The molecule has 0 atom stereocenters. The highest BCUT2D eigenvalue weighted by Crippen LogP contribution is 2.19. The van der Waals surface area contributed by atoms with E-state index < -0.39 is 10.0 Å². The smallest absolute Gasteiger partial charge is 0.243 e. The lowest BCUT2D eigenvalue weighted by atomic mass is 10.3. The number of anilines is 1. The Morgan fingerprint density at radius 1 is 1.20 bits per heavy atom. The van der Waals surface area contributed by atoms with Gasteiger partial charge in [-0.25, -0.2) is 8.42 Å². The van der Waals surface area contributed by atoms with Gasteiger partial charge >= 0.3 is 0 Å². The summed E-state index contributed by atoms with van der Waals surface area (Å²) < 4.78 is 26.2.